The number of halogens is 2. The Morgan fingerprint density at radius 1 is 1.31 bits per heavy atom. The molecular formula is C13H17F2N. The van der Waals surface area contributed by atoms with Gasteiger partial charge in [-0.1, -0.05) is 18.2 Å². The number of benzene rings is 1. The molecule has 1 aromatic carbocycles. The summed E-state index contributed by atoms with van der Waals surface area (Å²) in [5.41, 5.74) is 4.59. The highest BCUT2D eigenvalue weighted by Gasteiger charge is 2.47. The second-order valence-electron chi connectivity index (χ2n) is 5.05. The van der Waals surface area contributed by atoms with Crippen LogP contribution in [0.3, 0.4) is 0 Å². The van der Waals surface area contributed by atoms with Crippen LogP contribution in [0.15, 0.2) is 24.3 Å². The van der Waals surface area contributed by atoms with E-state index in [0.717, 1.165) is 0 Å². The Balaban J connectivity index is 2.41. The molecule has 1 aromatic rings. The molecule has 2 rings (SSSR count). The number of hydrogen-bond acceptors (Lipinski definition) is 1. The Bertz CT molecular complexity index is 389. The quantitative estimate of drug-likeness (QED) is 0.822. The van der Waals surface area contributed by atoms with Gasteiger partial charge in [0.15, 0.2) is 0 Å². The third kappa shape index (κ3) is 1.84. The van der Waals surface area contributed by atoms with Crippen LogP contribution in [0, 0.1) is 5.82 Å². The molecule has 1 saturated carbocycles. The monoisotopic (exact) mass is 225 g/mol. The molecule has 1 aliphatic rings. The Morgan fingerprint density at radius 2 is 2.00 bits per heavy atom. The molecule has 0 radical (unpaired) electrons. The molecule has 1 fully saturated rings. The average molecular weight is 225 g/mol. The van der Waals surface area contributed by atoms with E-state index in [1.165, 1.54) is 6.07 Å². The van der Waals surface area contributed by atoms with E-state index in [4.69, 9.17) is 5.73 Å². The molecule has 0 aromatic heterocycles. The molecule has 2 unspecified atom stereocenters. The van der Waals surface area contributed by atoms with Gasteiger partial charge in [-0.15, -0.1) is 0 Å². The van der Waals surface area contributed by atoms with Gasteiger partial charge in [-0.2, -0.15) is 0 Å². The van der Waals surface area contributed by atoms with Crippen molar-refractivity contribution < 1.29 is 8.78 Å². The van der Waals surface area contributed by atoms with Gasteiger partial charge in [-0.05, 0) is 37.8 Å². The van der Waals surface area contributed by atoms with Gasteiger partial charge in [0.05, 0.1) is 0 Å². The van der Waals surface area contributed by atoms with Crippen molar-refractivity contribution in [3.8, 4) is 0 Å². The van der Waals surface area contributed by atoms with Gasteiger partial charge in [0.2, 0.25) is 0 Å². The first-order valence-corrected chi connectivity index (χ1v) is 5.63. The average Bonchev–Trinajstić information content (AvgIpc) is 2.56. The first-order chi connectivity index (χ1) is 7.49. The molecule has 2 N–H and O–H groups in total. The summed E-state index contributed by atoms with van der Waals surface area (Å²) in [5.74, 6) is -0.273. The van der Waals surface area contributed by atoms with Crippen molar-refractivity contribution >= 4 is 0 Å². The molecule has 88 valence electrons. The minimum atomic E-state index is -1.22. The summed E-state index contributed by atoms with van der Waals surface area (Å²) < 4.78 is 27.7. The molecule has 0 bridgehead atoms. The lowest BCUT2D eigenvalue weighted by molar-refractivity contribution is 0.186. The van der Waals surface area contributed by atoms with Gasteiger partial charge < -0.3 is 5.73 Å². The normalized spacial score (nSPS) is 34.2. The van der Waals surface area contributed by atoms with Gasteiger partial charge in [0, 0.05) is 12.0 Å². The second-order valence-corrected chi connectivity index (χ2v) is 5.05. The first kappa shape index (κ1) is 11.5. The molecule has 16 heavy (non-hydrogen) atoms. The van der Waals surface area contributed by atoms with E-state index in [1.54, 1.807) is 25.1 Å². The van der Waals surface area contributed by atoms with Crippen molar-refractivity contribution in [2.75, 3.05) is 6.54 Å². The Kier molecular flexibility index (Phi) is 2.74. The summed E-state index contributed by atoms with van der Waals surface area (Å²) in [7, 11) is 0. The maximum atomic E-state index is 13.9. The maximum absolute atomic E-state index is 13.9. The summed E-state index contributed by atoms with van der Waals surface area (Å²) in [6, 6.07) is 6.57. The van der Waals surface area contributed by atoms with Crippen molar-refractivity contribution in [3.05, 3.63) is 35.6 Å². The van der Waals surface area contributed by atoms with Crippen molar-refractivity contribution in [1.29, 1.82) is 0 Å². The zero-order valence-corrected chi connectivity index (χ0v) is 9.47. The summed E-state index contributed by atoms with van der Waals surface area (Å²) in [6.07, 6.45) is 1.40. The van der Waals surface area contributed by atoms with Crippen LogP contribution in [0.2, 0.25) is 0 Å². The SMILES string of the molecule is CC1(F)CCC(CN)(c2ccccc2F)C1. The van der Waals surface area contributed by atoms with Crippen molar-refractivity contribution in [2.45, 2.75) is 37.3 Å². The van der Waals surface area contributed by atoms with Gasteiger partial charge in [-0.25, -0.2) is 8.78 Å². The summed E-state index contributed by atoms with van der Waals surface area (Å²) in [5, 5.41) is 0. The number of nitrogens with two attached hydrogens (primary N) is 1. The highest BCUT2D eigenvalue weighted by Crippen LogP contribution is 2.47. The Labute approximate surface area is 94.7 Å². The van der Waals surface area contributed by atoms with Gasteiger partial charge in [0.25, 0.3) is 0 Å². The van der Waals surface area contributed by atoms with Crippen molar-refractivity contribution in [3.63, 3.8) is 0 Å². The lowest BCUT2D eigenvalue weighted by atomic mass is 9.78. The first-order valence-electron chi connectivity index (χ1n) is 5.63. The van der Waals surface area contributed by atoms with Gasteiger partial charge >= 0.3 is 0 Å². The molecule has 1 aliphatic carbocycles. The van der Waals surface area contributed by atoms with Crippen LogP contribution >= 0.6 is 0 Å². The van der Waals surface area contributed by atoms with E-state index in [-0.39, 0.29) is 5.82 Å². The number of hydrogen-bond donors (Lipinski definition) is 1. The minimum absolute atomic E-state index is 0.273. The topological polar surface area (TPSA) is 26.0 Å². The minimum Gasteiger partial charge on any atom is -0.330 e. The van der Waals surface area contributed by atoms with Crippen LogP contribution in [0.4, 0.5) is 8.78 Å². The predicted molar refractivity (Wildman–Crippen MR) is 60.5 cm³/mol. The van der Waals surface area contributed by atoms with E-state index in [1.807, 2.05) is 0 Å². The standard InChI is InChI=1S/C13H17F2N/c1-12(15)6-7-13(8-12,9-16)10-4-2-3-5-11(10)14/h2-5H,6-9,16H2,1H3. The van der Waals surface area contributed by atoms with Gasteiger partial charge in [-0.3, -0.25) is 0 Å². The van der Waals surface area contributed by atoms with Crippen LogP contribution in [0.5, 0.6) is 0 Å². The fraction of sp³-hybridized carbons (Fsp3) is 0.538. The molecule has 0 saturated heterocycles. The lowest BCUT2D eigenvalue weighted by Gasteiger charge is -2.29. The van der Waals surface area contributed by atoms with Crippen LogP contribution in [0.1, 0.15) is 31.7 Å². The van der Waals surface area contributed by atoms with E-state index >= 15 is 0 Å². The Morgan fingerprint density at radius 3 is 2.50 bits per heavy atom. The van der Waals surface area contributed by atoms with Gasteiger partial charge in [0.1, 0.15) is 11.5 Å². The molecule has 0 spiro atoms. The highest BCUT2D eigenvalue weighted by molar-refractivity contribution is 5.30. The molecular weight excluding hydrogens is 208 g/mol. The molecule has 0 heterocycles. The Hall–Kier alpha value is -0.960. The van der Waals surface area contributed by atoms with Crippen LogP contribution in [0.25, 0.3) is 0 Å². The predicted octanol–water partition coefficient (Wildman–Crippen LogP) is 2.93. The smallest absolute Gasteiger partial charge is 0.127 e. The fourth-order valence-corrected chi connectivity index (χ4v) is 2.79. The van der Waals surface area contributed by atoms with E-state index in [0.29, 0.717) is 31.4 Å². The molecule has 0 amide bonds. The second kappa shape index (κ2) is 3.81. The molecule has 3 heteroatoms. The maximum Gasteiger partial charge on any atom is 0.127 e. The third-order valence-corrected chi connectivity index (χ3v) is 3.67. The largest absolute Gasteiger partial charge is 0.330 e. The number of alkyl halides is 1. The van der Waals surface area contributed by atoms with Crippen LogP contribution in [-0.2, 0) is 5.41 Å². The van der Waals surface area contributed by atoms with Crippen LogP contribution in [-0.4, -0.2) is 12.2 Å². The zero-order chi connectivity index (χ0) is 11.8. The molecule has 0 aliphatic heterocycles. The summed E-state index contributed by atoms with van der Waals surface area (Å²) in [4.78, 5) is 0. The molecule has 1 nitrogen and oxygen atoms in total. The lowest BCUT2D eigenvalue weighted by Crippen LogP contribution is -2.35. The zero-order valence-electron chi connectivity index (χ0n) is 9.47. The third-order valence-electron chi connectivity index (χ3n) is 3.67. The van der Waals surface area contributed by atoms with E-state index in [9.17, 15) is 8.78 Å². The van der Waals surface area contributed by atoms with Crippen molar-refractivity contribution in [2.24, 2.45) is 5.73 Å². The summed E-state index contributed by atoms with van der Waals surface area (Å²) in [6.45, 7) is 1.87. The van der Waals surface area contributed by atoms with E-state index < -0.39 is 11.1 Å². The number of rotatable bonds is 2. The van der Waals surface area contributed by atoms with Crippen molar-refractivity contribution in [1.82, 2.24) is 0 Å². The summed E-state index contributed by atoms with van der Waals surface area (Å²) >= 11 is 0. The van der Waals surface area contributed by atoms with Crippen LogP contribution < -0.4 is 5.73 Å². The molecule has 2 atom stereocenters. The fourth-order valence-electron chi connectivity index (χ4n) is 2.79. The van der Waals surface area contributed by atoms with E-state index in [2.05, 4.69) is 0 Å². The highest BCUT2D eigenvalue weighted by atomic mass is 19.1.